The number of hydrogen-bond donors (Lipinski definition) is 3. The van der Waals surface area contributed by atoms with Crippen molar-refractivity contribution in [2.75, 3.05) is 0 Å². The van der Waals surface area contributed by atoms with Crippen molar-refractivity contribution in [3.8, 4) is 17.2 Å². The number of aromatic hydroxyl groups is 3. The van der Waals surface area contributed by atoms with Crippen LogP contribution in [0.25, 0.3) is 0 Å². The second-order valence-corrected chi connectivity index (χ2v) is 15.9. The van der Waals surface area contributed by atoms with Crippen molar-refractivity contribution in [1.29, 1.82) is 0 Å². The van der Waals surface area contributed by atoms with Crippen LogP contribution in [0.4, 0.5) is 0 Å². The zero-order valence-electron chi connectivity index (χ0n) is 30.2. The monoisotopic (exact) mass is 718 g/mol. The van der Waals surface area contributed by atoms with Crippen LogP contribution < -0.4 is 0 Å². The van der Waals surface area contributed by atoms with Crippen LogP contribution in [-0.2, 0) is 29.5 Å². The molecule has 280 valence electrons. The van der Waals surface area contributed by atoms with Gasteiger partial charge in [0.2, 0.25) is 0 Å². The molecule has 9 rings (SSSR count). The predicted octanol–water partition coefficient (Wildman–Crippen LogP) is 10.2. The average Bonchev–Trinajstić information content (AvgIpc) is 3.94. The van der Waals surface area contributed by atoms with Gasteiger partial charge in [0.05, 0.1) is 0 Å². The van der Waals surface area contributed by atoms with E-state index in [-0.39, 0.29) is 30.7 Å². The zero-order valence-corrected chi connectivity index (χ0v) is 31.1. The summed E-state index contributed by atoms with van der Waals surface area (Å²) in [6.45, 7) is 6.26. The van der Waals surface area contributed by atoms with Gasteiger partial charge >= 0.3 is 0 Å². The number of carbonyl (C=O) groups is 1. The normalized spacial score (nSPS) is 29.7. The Morgan fingerprint density at radius 1 is 0.647 bits per heavy atom. The van der Waals surface area contributed by atoms with Crippen LogP contribution in [0.5, 0.6) is 17.2 Å². The summed E-state index contributed by atoms with van der Waals surface area (Å²) in [5.41, 5.74) is 5.91. The number of phenolic OH excluding ortho intramolecular Hbond substituents is 3. The maximum Gasteiger partial charge on any atom is 0.136 e. The summed E-state index contributed by atoms with van der Waals surface area (Å²) in [4.78, 5) is 11.4. The van der Waals surface area contributed by atoms with Crippen LogP contribution >= 0.6 is 12.4 Å². The topological polar surface area (TPSA) is 109 Å². The number of carbonyl (C=O) groups excluding carboxylic acids is 1. The minimum atomic E-state index is 0. The fourth-order valence-electron chi connectivity index (χ4n) is 11.9. The molecule has 8 unspecified atom stereocenters. The summed E-state index contributed by atoms with van der Waals surface area (Å²) in [6.07, 6.45) is 15.7. The van der Waals surface area contributed by atoms with Gasteiger partial charge in [-0.15, -0.1) is 12.4 Å². The molecule has 0 radical (unpaired) electrons. The molecule has 6 saturated carbocycles. The second kappa shape index (κ2) is 16.8. The summed E-state index contributed by atoms with van der Waals surface area (Å²) >= 11 is 0. The third-order valence-electron chi connectivity index (χ3n) is 14.0. The van der Waals surface area contributed by atoms with E-state index < -0.39 is 0 Å². The first-order chi connectivity index (χ1) is 23.3. The SMILES string of the molecule is C.CCc1cc(C2(c3ccc(O)c(CC)c3)CC3CC2C2CCCC32)ccc1O.CCc1ccccc1O.Cl.O.O=C1CC2CC1C1CCCC21. The molecule has 6 aliphatic carbocycles. The van der Waals surface area contributed by atoms with Crippen LogP contribution in [0, 0.1) is 47.3 Å². The Kier molecular flexibility index (Phi) is 13.4. The summed E-state index contributed by atoms with van der Waals surface area (Å²) in [7, 11) is 0. The maximum absolute atomic E-state index is 11.4. The van der Waals surface area contributed by atoms with Crippen LogP contribution in [-0.4, -0.2) is 26.6 Å². The lowest BCUT2D eigenvalue weighted by molar-refractivity contribution is -0.123. The molecule has 0 spiro atoms. The molecule has 6 heteroatoms. The van der Waals surface area contributed by atoms with Crippen molar-refractivity contribution in [3.05, 3.63) is 88.5 Å². The predicted molar refractivity (Wildman–Crippen MR) is 210 cm³/mol. The molecular weight excluding hydrogens is 656 g/mol. The molecule has 5 nitrogen and oxygen atoms in total. The first-order valence-electron chi connectivity index (χ1n) is 19.2. The number of Topliss-reactive ketones (excluding diaryl/α,β-unsaturated/α-hetero) is 1. The first kappa shape index (κ1) is 40.7. The van der Waals surface area contributed by atoms with Gasteiger partial charge in [-0.3, -0.25) is 4.79 Å². The number of halogens is 1. The van der Waals surface area contributed by atoms with Gasteiger partial charge in [0, 0.05) is 17.8 Å². The number of benzene rings is 3. The summed E-state index contributed by atoms with van der Waals surface area (Å²) < 4.78 is 0. The molecule has 0 aliphatic heterocycles. The van der Waals surface area contributed by atoms with E-state index in [9.17, 15) is 15.0 Å². The van der Waals surface area contributed by atoms with Crippen molar-refractivity contribution >= 4 is 18.2 Å². The van der Waals surface area contributed by atoms with Gasteiger partial charge in [-0.1, -0.05) is 83.5 Å². The molecule has 0 amide bonds. The molecule has 0 saturated heterocycles. The van der Waals surface area contributed by atoms with Crippen molar-refractivity contribution in [1.82, 2.24) is 0 Å². The zero-order chi connectivity index (χ0) is 33.6. The van der Waals surface area contributed by atoms with Gasteiger partial charge in [0.15, 0.2) is 0 Å². The van der Waals surface area contributed by atoms with Gasteiger partial charge in [-0.05, 0) is 152 Å². The molecule has 0 aromatic heterocycles. The molecular formula is C45H63ClO5. The van der Waals surface area contributed by atoms with E-state index in [1.807, 2.05) is 37.3 Å². The van der Waals surface area contributed by atoms with Gasteiger partial charge in [0.25, 0.3) is 0 Å². The van der Waals surface area contributed by atoms with Crippen LogP contribution in [0.15, 0.2) is 60.7 Å². The number of rotatable bonds is 5. The van der Waals surface area contributed by atoms with Crippen molar-refractivity contribution in [2.45, 2.75) is 117 Å². The van der Waals surface area contributed by atoms with Crippen molar-refractivity contribution in [2.24, 2.45) is 47.3 Å². The Bertz CT molecular complexity index is 1580. The highest BCUT2D eigenvalue weighted by Crippen LogP contribution is 2.68. The Labute approximate surface area is 313 Å². The van der Waals surface area contributed by atoms with Gasteiger partial charge in [0.1, 0.15) is 23.0 Å². The molecule has 3 aromatic rings. The third kappa shape index (κ3) is 7.19. The molecule has 3 aromatic carbocycles. The Morgan fingerprint density at radius 3 is 1.71 bits per heavy atom. The summed E-state index contributed by atoms with van der Waals surface area (Å²) in [5, 5.41) is 29.7. The number of phenols is 3. The van der Waals surface area contributed by atoms with E-state index in [4.69, 9.17) is 5.11 Å². The minimum absolute atomic E-state index is 0. The fourth-order valence-corrected chi connectivity index (χ4v) is 11.9. The highest BCUT2D eigenvalue weighted by atomic mass is 35.5. The largest absolute Gasteiger partial charge is 0.508 e. The highest BCUT2D eigenvalue weighted by molar-refractivity contribution is 5.85. The Hall–Kier alpha value is -3.02. The smallest absolute Gasteiger partial charge is 0.136 e. The van der Waals surface area contributed by atoms with E-state index >= 15 is 0 Å². The van der Waals surface area contributed by atoms with Crippen LogP contribution in [0.2, 0.25) is 0 Å². The number of aryl methyl sites for hydroxylation is 3. The van der Waals surface area contributed by atoms with Crippen LogP contribution in [0.1, 0.15) is 120 Å². The lowest BCUT2D eigenvalue weighted by Gasteiger charge is -2.44. The molecule has 51 heavy (non-hydrogen) atoms. The second-order valence-electron chi connectivity index (χ2n) is 15.9. The number of fused-ring (bicyclic) bond motifs is 10. The van der Waals surface area contributed by atoms with E-state index in [1.54, 1.807) is 6.07 Å². The quantitative estimate of drug-likeness (QED) is 0.244. The first-order valence-corrected chi connectivity index (χ1v) is 19.2. The Balaban J connectivity index is 0.000000209. The number of para-hydroxylation sites is 1. The molecule has 8 atom stereocenters. The Morgan fingerprint density at radius 2 is 1.16 bits per heavy atom. The number of ketones is 1. The summed E-state index contributed by atoms with van der Waals surface area (Å²) in [6, 6.07) is 20.1. The van der Waals surface area contributed by atoms with E-state index in [1.165, 1.54) is 68.9 Å². The minimum Gasteiger partial charge on any atom is -0.508 e. The molecule has 6 aliphatic rings. The van der Waals surface area contributed by atoms with E-state index in [2.05, 4.69) is 38.1 Å². The summed E-state index contributed by atoms with van der Waals surface area (Å²) in [5.74, 6) is 8.28. The van der Waals surface area contributed by atoms with Gasteiger partial charge in [-0.25, -0.2) is 0 Å². The highest BCUT2D eigenvalue weighted by Gasteiger charge is 2.62. The lowest BCUT2D eigenvalue weighted by Crippen LogP contribution is -2.40. The van der Waals surface area contributed by atoms with Crippen molar-refractivity contribution < 1.29 is 25.6 Å². The molecule has 0 heterocycles. The fraction of sp³-hybridized carbons (Fsp3) is 0.578. The standard InChI is InChI=1S/C26H32O2.C10H14O.C8H10O.CH4.ClH.H2O/c1-3-16-12-19(8-10-24(16)27)26(20-9-11-25(28)17(4-2)13-20)15-18-14-23(26)22-7-5-6-21(18)22;11-10-5-6-4-9(10)8-3-1-2-7(6)8;1-2-7-5-3-4-6-8(7)9;;;/h8-13,18,21-23,27-28H,3-7,14-15H2,1-2H3;6-9H,1-5H2;3-6,9H,2H2,1H3;1H4;1H;1H2. The van der Waals surface area contributed by atoms with E-state index in [0.717, 1.165) is 77.9 Å². The molecule has 5 N–H and O–H groups in total. The average molecular weight is 719 g/mol. The number of hydrogen-bond acceptors (Lipinski definition) is 4. The van der Waals surface area contributed by atoms with E-state index in [0.29, 0.717) is 34.9 Å². The molecule has 6 fully saturated rings. The third-order valence-corrected chi connectivity index (χ3v) is 14.0. The van der Waals surface area contributed by atoms with Crippen LogP contribution in [0.3, 0.4) is 0 Å². The molecule has 4 bridgehead atoms. The lowest BCUT2D eigenvalue weighted by atomic mass is 9.59. The van der Waals surface area contributed by atoms with Gasteiger partial charge in [-0.2, -0.15) is 0 Å². The van der Waals surface area contributed by atoms with Gasteiger partial charge < -0.3 is 20.8 Å². The maximum atomic E-state index is 11.4. The van der Waals surface area contributed by atoms with Crippen molar-refractivity contribution in [3.63, 3.8) is 0 Å².